The SMILES string of the molecule is CCOc1ccc(C(=O)NC(=S)Nc2sc3c(c2C(N)=O)CCC(C)C3)cc1Br. The fraction of sp³-hybridized carbons (Fsp3) is 0.350. The lowest BCUT2D eigenvalue weighted by Gasteiger charge is -2.18. The fourth-order valence-corrected chi connectivity index (χ4v) is 5.50. The molecule has 0 radical (unpaired) electrons. The van der Waals surface area contributed by atoms with Crippen molar-refractivity contribution >= 4 is 61.4 Å². The molecule has 1 aromatic carbocycles. The highest BCUT2D eigenvalue weighted by molar-refractivity contribution is 9.10. The maximum atomic E-state index is 12.5. The van der Waals surface area contributed by atoms with Crippen molar-refractivity contribution in [3.8, 4) is 5.75 Å². The van der Waals surface area contributed by atoms with Crippen LogP contribution in [-0.4, -0.2) is 23.5 Å². The summed E-state index contributed by atoms with van der Waals surface area (Å²) in [6, 6.07) is 5.05. The molecule has 1 unspecified atom stereocenters. The van der Waals surface area contributed by atoms with E-state index in [4.69, 9.17) is 22.7 Å². The molecule has 154 valence electrons. The van der Waals surface area contributed by atoms with Gasteiger partial charge in [-0.15, -0.1) is 11.3 Å². The number of nitrogens with one attached hydrogen (secondary N) is 2. The molecule has 1 aliphatic rings. The molecule has 1 aromatic heterocycles. The average Bonchev–Trinajstić information content (AvgIpc) is 3.00. The average molecular weight is 496 g/mol. The largest absolute Gasteiger partial charge is 0.493 e. The Hall–Kier alpha value is -1.97. The molecule has 29 heavy (non-hydrogen) atoms. The number of primary amides is 1. The van der Waals surface area contributed by atoms with Crippen molar-refractivity contribution in [1.29, 1.82) is 0 Å². The van der Waals surface area contributed by atoms with Crippen LogP contribution in [0.25, 0.3) is 0 Å². The van der Waals surface area contributed by atoms with Crippen molar-refractivity contribution in [2.45, 2.75) is 33.1 Å². The van der Waals surface area contributed by atoms with Crippen LogP contribution in [-0.2, 0) is 12.8 Å². The van der Waals surface area contributed by atoms with Crippen LogP contribution in [0.3, 0.4) is 0 Å². The number of thiocarbonyl (C=S) groups is 1. The summed E-state index contributed by atoms with van der Waals surface area (Å²) < 4.78 is 6.14. The molecule has 1 aliphatic carbocycles. The Labute approximate surface area is 187 Å². The molecule has 2 aromatic rings. The van der Waals surface area contributed by atoms with E-state index in [2.05, 4.69) is 33.5 Å². The predicted octanol–water partition coefficient (Wildman–Crippen LogP) is 4.26. The zero-order valence-electron chi connectivity index (χ0n) is 16.1. The number of halogens is 1. The molecule has 9 heteroatoms. The van der Waals surface area contributed by atoms with Crippen molar-refractivity contribution in [2.24, 2.45) is 11.7 Å². The number of carbonyl (C=O) groups is 2. The first-order chi connectivity index (χ1) is 13.8. The molecule has 1 heterocycles. The first-order valence-corrected chi connectivity index (χ1v) is 11.3. The van der Waals surface area contributed by atoms with Crippen LogP contribution in [0.1, 0.15) is 51.4 Å². The summed E-state index contributed by atoms with van der Waals surface area (Å²) >= 11 is 10.2. The van der Waals surface area contributed by atoms with Gasteiger partial charge >= 0.3 is 0 Å². The van der Waals surface area contributed by atoms with Gasteiger partial charge in [-0.05, 0) is 84.0 Å². The molecule has 4 N–H and O–H groups in total. The number of rotatable bonds is 5. The molecule has 0 saturated carbocycles. The van der Waals surface area contributed by atoms with Crippen LogP contribution < -0.4 is 21.1 Å². The molecule has 0 aliphatic heterocycles. The Morgan fingerprint density at radius 3 is 2.83 bits per heavy atom. The van der Waals surface area contributed by atoms with Gasteiger partial charge in [0.25, 0.3) is 11.8 Å². The Bertz CT molecular complexity index is 974. The number of hydrogen-bond acceptors (Lipinski definition) is 5. The Balaban J connectivity index is 1.73. The van der Waals surface area contributed by atoms with Crippen LogP contribution >= 0.6 is 39.5 Å². The van der Waals surface area contributed by atoms with E-state index in [1.165, 1.54) is 11.3 Å². The molecule has 3 rings (SSSR count). The predicted molar refractivity (Wildman–Crippen MR) is 123 cm³/mol. The number of benzene rings is 1. The highest BCUT2D eigenvalue weighted by Gasteiger charge is 2.27. The number of anilines is 1. The molecule has 0 fully saturated rings. The smallest absolute Gasteiger partial charge is 0.257 e. The van der Waals surface area contributed by atoms with Gasteiger partial charge in [0.1, 0.15) is 10.8 Å². The van der Waals surface area contributed by atoms with E-state index < -0.39 is 5.91 Å². The first kappa shape index (κ1) is 21.7. The third kappa shape index (κ3) is 4.96. The number of ether oxygens (including phenoxy) is 1. The van der Waals surface area contributed by atoms with Gasteiger partial charge in [0.05, 0.1) is 16.6 Å². The summed E-state index contributed by atoms with van der Waals surface area (Å²) in [5.41, 5.74) is 7.54. The second-order valence-electron chi connectivity index (χ2n) is 6.91. The fourth-order valence-electron chi connectivity index (χ4n) is 3.32. The first-order valence-electron chi connectivity index (χ1n) is 9.29. The Morgan fingerprint density at radius 2 is 2.17 bits per heavy atom. The standard InChI is InChI=1S/C20H22BrN3O3S2/c1-3-27-14-7-5-11(9-13(14)21)18(26)23-20(28)24-19-16(17(22)25)12-6-4-10(2)8-15(12)29-19/h5,7,9-10H,3-4,6,8H2,1-2H3,(H2,22,25)(H2,23,24,26,28). The Kier molecular flexibility index (Phi) is 6.92. The van der Waals surface area contributed by atoms with Gasteiger partial charge in [-0.1, -0.05) is 6.92 Å². The molecule has 1 atom stereocenters. The molecular weight excluding hydrogens is 474 g/mol. The molecular formula is C20H22BrN3O3S2. The quantitative estimate of drug-likeness (QED) is 0.538. The minimum Gasteiger partial charge on any atom is -0.493 e. The van der Waals surface area contributed by atoms with Crippen LogP contribution in [0.15, 0.2) is 22.7 Å². The van der Waals surface area contributed by atoms with Gasteiger partial charge in [0.2, 0.25) is 0 Å². The second kappa shape index (κ2) is 9.23. The van der Waals surface area contributed by atoms with E-state index in [1.54, 1.807) is 18.2 Å². The lowest BCUT2D eigenvalue weighted by Crippen LogP contribution is -2.34. The summed E-state index contributed by atoms with van der Waals surface area (Å²) in [6.45, 7) is 4.62. The minimum atomic E-state index is -0.482. The third-order valence-electron chi connectivity index (χ3n) is 4.71. The van der Waals surface area contributed by atoms with Crippen LogP contribution in [0, 0.1) is 5.92 Å². The molecule has 6 nitrogen and oxygen atoms in total. The van der Waals surface area contributed by atoms with Crippen LogP contribution in [0.2, 0.25) is 0 Å². The van der Waals surface area contributed by atoms with E-state index in [-0.39, 0.29) is 11.0 Å². The van der Waals surface area contributed by atoms with Crippen molar-refractivity contribution in [3.05, 3.63) is 44.2 Å². The van der Waals surface area contributed by atoms with Gasteiger partial charge in [0, 0.05) is 10.4 Å². The summed E-state index contributed by atoms with van der Waals surface area (Å²) in [7, 11) is 0. The van der Waals surface area contributed by atoms with E-state index in [0.29, 0.717) is 38.9 Å². The van der Waals surface area contributed by atoms with Crippen molar-refractivity contribution in [1.82, 2.24) is 5.32 Å². The van der Waals surface area contributed by atoms with E-state index in [1.807, 2.05) is 6.92 Å². The van der Waals surface area contributed by atoms with Gasteiger partial charge in [0.15, 0.2) is 5.11 Å². The zero-order valence-corrected chi connectivity index (χ0v) is 19.4. The molecule has 0 bridgehead atoms. The lowest BCUT2D eigenvalue weighted by molar-refractivity contribution is 0.0975. The minimum absolute atomic E-state index is 0.120. The number of fused-ring (bicyclic) bond motifs is 1. The van der Waals surface area contributed by atoms with Gasteiger partial charge < -0.3 is 15.8 Å². The van der Waals surface area contributed by atoms with Gasteiger partial charge in [-0.25, -0.2) is 0 Å². The van der Waals surface area contributed by atoms with Crippen molar-refractivity contribution in [3.63, 3.8) is 0 Å². The van der Waals surface area contributed by atoms with Crippen LogP contribution in [0.5, 0.6) is 5.75 Å². The van der Waals surface area contributed by atoms with E-state index >= 15 is 0 Å². The van der Waals surface area contributed by atoms with Crippen molar-refractivity contribution < 1.29 is 14.3 Å². The van der Waals surface area contributed by atoms with E-state index in [0.717, 1.165) is 29.7 Å². The molecule has 2 amide bonds. The number of thiophene rings is 1. The highest BCUT2D eigenvalue weighted by Crippen LogP contribution is 2.39. The normalized spacial score (nSPS) is 15.3. The molecule has 0 saturated heterocycles. The maximum Gasteiger partial charge on any atom is 0.257 e. The van der Waals surface area contributed by atoms with Gasteiger partial charge in [-0.2, -0.15) is 0 Å². The summed E-state index contributed by atoms with van der Waals surface area (Å²) in [4.78, 5) is 25.7. The number of hydrogen-bond donors (Lipinski definition) is 3. The Morgan fingerprint density at radius 1 is 1.41 bits per heavy atom. The highest BCUT2D eigenvalue weighted by atomic mass is 79.9. The third-order valence-corrected chi connectivity index (χ3v) is 6.70. The topological polar surface area (TPSA) is 93.4 Å². The zero-order chi connectivity index (χ0) is 21.1. The van der Waals surface area contributed by atoms with Crippen molar-refractivity contribution in [2.75, 3.05) is 11.9 Å². The number of amides is 2. The summed E-state index contributed by atoms with van der Waals surface area (Å²) in [5, 5.41) is 6.36. The van der Waals surface area contributed by atoms with Gasteiger partial charge in [-0.3, -0.25) is 14.9 Å². The number of carbonyl (C=O) groups excluding carboxylic acids is 2. The maximum absolute atomic E-state index is 12.5. The van der Waals surface area contributed by atoms with Crippen LogP contribution in [0.4, 0.5) is 5.00 Å². The summed E-state index contributed by atoms with van der Waals surface area (Å²) in [5.74, 6) is 0.389. The summed E-state index contributed by atoms with van der Waals surface area (Å²) in [6.07, 6.45) is 2.77. The molecule has 0 spiro atoms. The van der Waals surface area contributed by atoms with E-state index in [9.17, 15) is 9.59 Å². The lowest BCUT2D eigenvalue weighted by atomic mass is 9.88. The second-order valence-corrected chi connectivity index (χ2v) is 9.27. The monoisotopic (exact) mass is 495 g/mol. The number of nitrogens with two attached hydrogens (primary N) is 1.